The number of aliphatic hydroxyl groups excluding tert-OH is 1. The zero-order valence-electron chi connectivity index (χ0n) is 10.9. The van der Waals surface area contributed by atoms with Crippen molar-refractivity contribution >= 4 is 23.0 Å². The minimum absolute atomic E-state index is 0.195. The van der Waals surface area contributed by atoms with Crippen molar-refractivity contribution in [3.05, 3.63) is 30.1 Å². The van der Waals surface area contributed by atoms with Gasteiger partial charge in [-0.15, -0.1) is 0 Å². The lowest BCUT2D eigenvalue weighted by Crippen LogP contribution is -2.44. The van der Waals surface area contributed by atoms with Gasteiger partial charge >= 0.3 is 0 Å². The average molecular weight is 278 g/mol. The van der Waals surface area contributed by atoms with Gasteiger partial charge in [0, 0.05) is 31.0 Å². The maximum absolute atomic E-state index is 9.45. The molecular formula is C13H18N4OS. The summed E-state index contributed by atoms with van der Waals surface area (Å²) < 4.78 is 0. The Bertz CT molecular complexity index is 455. The number of piperidine rings is 1. The number of likely N-dealkylation sites (tertiary alicyclic amines) is 1. The first-order valence-electron chi connectivity index (χ1n) is 6.34. The van der Waals surface area contributed by atoms with Gasteiger partial charge in [0.2, 0.25) is 0 Å². The topological polar surface area (TPSA) is 60.8 Å². The number of hydrogen-bond acceptors (Lipinski definition) is 4. The highest BCUT2D eigenvalue weighted by Gasteiger charge is 2.18. The van der Waals surface area contributed by atoms with Crippen LogP contribution < -0.4 is 5.43 Å². The van der Waals surface area contributed by atoms with Crippen LogP contribution in [0.5, 0.6) is 0 Å². The summed E-state index contributed by atoms with van der Waals surface area (Å²) in [5.74, 6) is 0. The molecule has 1 aromatic heterocycles. The summed E-state index contributed by atoms with van der Waals surface area (Å²) in [6.45, 7) is 3.45. The highest BCUT2D eigenvalue weighted by Crippen LogP contribution is 2.09. The molecule has 0 aromatic carbocycles. The maximum Gasteiger partial charge on any atom is 0.189 e. The predicted molar refractivity (Wildman–Crippen MR) is 79.0 cm³/mol. The van der Waals surface area contributed by atoms with E-state index in [0.29, 0.717) is 5.11 Å². The number of aliphatic hydroxyl groups is 1. The van der Waals surface area contributed by atoms with Crippen LogP contribution in [-0.2, 0) is 0 Å². The fourth-order valence-corrected chi connectivity index (χ4v) is 2.14. The molecule has 6 heteroatoms. The Hall–Kier alpha value is -1.53. The van der Waals surface area contributed by atoms with E-state index < -0.39 is 0 Å². The van der Waals surface area contributed by atoms with Crippen LogP contribution in [0.2, 0.25) is 0 Å². The molecule has 2 N–H and O–H groups in total. The minimum atomic E-state index is -0.195. The van der Waals surface area contributed by atoms with Gasteiger partial charge in [0.25, 0.3) is 0 Å². The lowest BCUT2D eigenvalue weighted by atomic mass is 10.1. The Morgan fingerprint density at radius 1 is 1.53 bits per heavy atom. The van der Waals surface area contributed by atoms with Crippen LogP contribution in [0.3, 0.4) is 0 Å². The number of aromatic nitrogens is 1. The van der Waals surface area contributed by atoms with E-state index in [1.165, 1.54) is 0 Å². The van der Waals surface area contributed by atoms with Crippen molar-refractivity contribution in [3.63, 3.8) is 0 Å². The molecule has 0 aliphatic carbocycles. The second-order valence-electron chi connectivity index (χ2n) is 4.57. The normalized spacial score (nSPS) is 17.4. The van der Waals surface area contributed by atoms with Crippen molar-refractivity contribution in [1.29, 1.82) is 0 Å². The van der Waals surface area contributed by atoms with Gasteiger partial charge in [-0.3, -0.25) is 10.4 Å². The SMILES string of the molecule is CC(=NNC(=S)N1CCC(O)CC1)c1cccnc1. The molecule has 0 spiro atoms. The first-order valence-corrected chi connectivity index (χ1v) is 6.75. The molecule has 102 valence electrons. The van der Waals surface area contributed by atoms with Crippen molar-refractivity contribution in [1.82, 2.24) is 15.3 Å². The Morgan fingerprint density at radius 3 is 2.89 bits per heavy atom. The van der Waals surface area contributed by atoms with Crippen LogP contribution in [0.15, 0.2) is 29.6 Å². The molecule has 0 amide bonds. The van der Waals surface area contributed by atoms with Gasteiger partial charge in [-0.05, 0) is 38.0 Å². The van der Waals surface area contributed by atoms with E-state index in [9.17, 15) is 5.11 Å². The second-order valence-corrected chi connectivity index (χ2v) is 4.96. The Kier molecular flexibility index (Phi) is 4.81. The van der Waals surface area contributed by atoms with Crippen molar-refractivity contribution in [2.45, 2.75) is 25.9 Å². The number of nitrogens with one attached hydrogen (secondary N) is 1. The molecule has 0 bridgehead atoms. The summed E-state index contributed by atoms with van der Waals surface area (Å²) in [6, 6.07) is 3.83. The van der Waals surface area contributed by atoms with E-state index in [-0.39, 0.29) is 6.10 Å². The van der Waals surface area contributed by atoms with E-state index in [4.69, 9.17) is 12.2 Å². The van der Waals surface area contributed by atoms with Crippen molar-refractivity contribution in [3.8, 4) is 0 Å². The number of hydrogen-bond donors (Lipinski definition) is 2. The van der Waals surface area contributed by atoms with E-state index >= 15 is 0 Å². The van der Waals surface area contributed by atoms with Crippen LogP contribution in [0.1, 0.15) is 25.3 Å². The Balaban J connectivity index is 1.89. The Morgan fingerprint density at radius 2 is 2.26 bits per heavy atom. The molecule has 5 nitrogen and oxygen atoms in total. The first kappa shape index (κ1) is 13.9. The zero-order chi connectivity index (χ0) is 13.7. The van der Waals surface area contributed by atoms with Crippen LogP contribution in [-0.4, -0.2) is 45.0 Å². The molecule has 2 rings (SSSR count). The third kappa shape index (κ3) is 3.97. The zero-order valence-corrected chi connectivity index (χ0v) is 11.7. The van der Waals surface area contributed by atoms with Crippen LogP contribution in [0.25, 0.3) is 0 Å². The molecule has 1 aliphatic heterocycles. The van der Waals surface area contributed by atoms with E-state index in [1.807, 2.05) is 24.0 Å². The van der Waals surface area contributed by atoms with Crippen molar-refractivity contribution in [2.75, 3.05) is 13.1 Å². The van der Waals surface area contributed by atoms with E-state index in [1.54, 1.807) is 12.4 Å². The number of pyridine rings is 1. The van der Waals surface area contributed by atoms with Gasteiger partial charge in [0.05, 0.1) is 11.8 Å². The lowest BCUT2D eigenvalue weighted by molar-refractivity contribution is 0.109. The quantitative estimate of drug-likeness (QED) is 0.482. The second kappa shape index (κ2) is 6.58. The molecule has 1 aliphatic rings. The molecule has 1 saturated heterocycles. The molecular weight excluding hydrogens is 260 g/mol. The van der Waals surface area contributed by atoms with Crippen molar-refractivity contribution < 1.29 is 5.11 Å². The first-order chi connectivity index (χ1) is 9.16. The summed E-state index contributed by atoms with van der Waals surface area (Å²) in [5.41, 5.74) is 4.71. The van der Waals surface area contributed by atoms with Crippen LogP contribution in [0, 0.1) is 0 Å². The van der Waals surface area contributed by atoms with Crippen molar-refractivity contribution in [2.24, 2.45) is 5.10 Å². The smallest absolute Gasteiger partial charge is 0.189 e. The number of thiocarbonyl (C=S) groups is 1. The van der Waals surface area contributed by atoms with Gasteiger partial charge in [-0.1, -0.05) is 6.07 Å². The third-order valence-corrected chi connectivity index (χ3v) is 3.50. The highest BCUT2D eigenvalue weighted by molar-refractivity contribution is 7.80. The fourth-order valence-electron chi connectivity index (χ4n) is 1.91. The number of hydrazone groups is 1. The maximum atomic E-state index is 9.45. The fraction of sp³-hybridized carbons (Fsp3) is 0.462. The Labute approximate surface area is 118 Å². The standard InChI is InChI=1S/C13H18N4OS/c1-10(11-3-2-6-14-9-11)15-16-13(19)17-7-4-12(18)5-8-17/h2-3,6,9,12,18H,4-5,7-8H2,1H3,(H,16,19). The average Bonchev–Trinajstić information content (AvgIpc) is 2.46. The van der Waals surface area contributed by atoms with E-state index in [0.717, 1.165) is 37.2 Å². The highest BCUT2D eigenvalue weighted by atomic mass is 32.1. The molecule has 0 saturated carbocycles. The van der Waals surface area contributed by atoms with Gasteiger partial charge in [-0.2, -0.15) is 5.10 Å². The minimum Gasteiger partial charge on any atom is -0.393 e. The molecule has 0 radical (unpaired) electrons. The third-order valence-electron chi connectivity index (χ3n) is 3.15. The molecule has 2 heterocycles. The molecule has 0 atom stereocenters. The molecule has 1 aromatic rings. The summed E-state index contributed by atoms with van der Waals surface area (Å²) in [4.78, 5) is 6.08. The van der Waals surface area contributed by atoms with Gasteiger partial charge < -0.3 is 10.0 Å². The predicted octanol–water partition coefficient (Wildman–Crippen LogP) is 1.14. The number of rotatable bonds is 2. The summed E-state index contributed by atoms with van der Waals surface area (Å²) in [5, 5.41) is 14.3. The van der Waals surface area contributed by atoms with Crippen LogP contribution in [0.4, 0.5) is 0 Å². The monoisotopic (exact) mass is 278 g/mol. The summed E-state index contributed by atoms with van der Waals surface area (Å²) >= 11 is 5.29. The summed E-state index contributed by atoms with van der Waals surface area (Å²) in [7, 11) is 0. The van der Waals surface area contributed by atoms with Crippen LogP contribution >= 0.6 is 12.2 Å². The van der Waals surface area contributed by atoms with Gasteiger partial charge in [0.1, 0.15) is 0 Å². The largest absolute Gasteiger partial charge is 0.393 e. The van der Waals surface area contributed by atoms with Gasteiger partial charge in [0.15, 0.2) is 5.11 Å². The molecule has 0 unspecified atom stereocenters. The van der Waals surface area contributed by atoms with Gasteiger partial charge in [-0.25, -0.2) is 0 Å². The lowest BCUT2D eigenvalue weighted by Gasteiger charge is -2.30. The molecule has 1 fully saturated rings. The molecule has 19 heavy (non-hydrogen) atoms. The number of nitrogens with zero attached hydrogens (tertiary/aromatic N) is 3. The van der Waals surface area contributed by atoms with E-state index in [2.05, 4.69) is 15.5 Å². The summed E-state index contributed by atoms with van der Waals surface area (Å²) in [6.07, 6.45) is 4.81.